The normalized spacial score (nSPS) is 11.4. The Morgan fingerprint density at radius 1 is 1.44 bits per heavy atom. The van der Waals surface area contributed by atoms with E-state index in [0.29, 0.717) is 15.7 Å². The Hall–Kier alpha value is -1.12. The van der Waals surface area contributed by atoms with Crippen LogP contribution < -0.4 is 16.2 Å². The molecule has 0 aliphatic carbocycles. The lowest BCUT2D eigenvalue weighted by molar-refractivity contribution is -0.117. The molecule has 8 heteroatoms. The lowest BCUT2D eigenvalue weighted by Crippen LogP contribution is -2.28. The van der Waals surface area contributed by atoms with Crippen molar-refractivity contribution in [1.82, 2.24) is 4.72 Å². The molecule has 0 saturated heterocycles. The van der Waals surface area contributed by atoms with Crippen LogP contribution in [0.5, 0.6) is 0 Å². The van der Waals surface area contributed by atoms with Crippen LogP contribution in [0.3, 0.4) is 0 Å². The van der Waals surface area contributed by atoms with E-state index in [1.54, 1.807) is 13.0 Å². The highest BCUT2D eigenvalue weighted by molar-refractivity contribution is 9.10. The number of sulfonamides is 1. The van der Waals surface area contributed by atoms with Crippen LogP contribution in [0.2, 0.25) is 0 Å². The minimum Gasteiger partial charge on any atom is -0.398 e. The number of nitrogens with two attached hydrogens (primary N) is 2. The summed E-state index contributed by atoms with van der Waals surface area (Å²) in [5, 5.41) is 0. The third-order valence-corrected chi connectivity index (χ3v) is 4.36. The molecule has 0 heterocycles. The van der Waals surface area contributed by atoms with Gasteiger partial charge in [-0.15, -0.1) is 0 Å². The molecule has 18 heavy (non-hydrogen) atoms. The van der Waals surface area contributed by atoms with Crippen molar-refractivity contribution in [3.8, 4) is 0 Å². The first-order chi connectivity index (χ1) is 8.24. The van der Waals surface area contributed by atoms with Gasteiger partial charge in [0.25, 0.3) is 0 Å². The van der Waals surface area contributed by atoms with Crippen molar-refractivity contribution in [1.29, 1.82) is 0 Å². The number of carbonyl (C=O) groups is 1. The first kappa shape index (κ1) is 14.9. The molecule has 0 aliphatic rings. The van der Waals surface area contributed by atoms with Crippen LogP contribution in [0, 0.1) is 6.92 Å². The van der Waals surface area contributed by atoms with Crippen LogP contribution in [0.4, 0.5) is 5.69 Å². The minimum absolute atomic E-state index is 0.0382. The van der Waals surface area contributed by atoms with Crippen LogP contribution >= 0.6 is 15.9 Å². The molecular weight excluding hydrogens is 322 g/mol. The van der Waals surface area contributed by atoms with Gasteiger partial charge in [-0.05, 0) is 24.6 Å². The summed E-state index contributed by atoms with van der Waals surface area (Å²) in [6, 6.07) is 3.08. The van der Waals surface area contributed by atoms with E-state index in [9.17, 15) is 13.2 Å². The van der Waals surface area contributed by atoms with Crippen LogP contribution in [-0.4, -0.2) is 20.9 Å². The van der Waals surface area contributed by atoms with Gasteiger partial charge in [-0.25, -0.2) is 13.1 Å². The fourth-order valence-corrected chi connectivity index (χ4v) is 3.30. The number of rotatable bonds is 5. The van der Waals surface area contributed by atoms with E-state index in [0.717, 1.165) is 0 Å². The van der Waals surface area contributed by atoms with Crippen LogP contribution in [0.25, 0.3) is 0 Å². The zero-order valence-corrected chi connectivity index (χ0v) is 12.1. The molecule has 0 unspecified atom stereocenters. The predicted octanol–water partition coefficient (Wildman–Crippen LogP) is 0.493. The van der Waals surface area contributed by atoms with Crippen molar-refractivity contribution < 1.29 is 13.2 Å². The van der Waals surface area contributed by atoms with Crippen molar-refractivity contribution in [2.75, 3.05) is 12.3 Å². The number of hydrogen-bond donors (Lipinski definition) is 3. The molecule has 0 radical (unpaired) electrons. The molecule has 5 N–H and O–H groups in total. The Balaban J connectivity index is 3.02. The highest BCUT2D eigenvalue weighted by atomic mass is 79.9. The Morgan fingerprint density at radius 3 is 2.61 bits per heavy atom. The lowest BCUT2D eigenvalue weighted by atomic mass is 10.2. The molecule has 0 bridgehead atoms. The van der Waals surface area contributed by atoms with Gasteiger partial charge in [0.1, 0.15) is 0 Å². The summed E-state index contributed by atoms with van der Waals surface area (Å²) in [6.45, 7) is 1.58. The molecule has 1 aromatic carbocycles. The minimum atomic E-state index is -3.70. The number of nitrogen functional groups attached to an aromatic ring is 1. The number of hydrogen-bond acceptors (Lipinski definition) is 4. The van der Waals surface area contributed by atoms with Gasteiger partial charge in [0.05, 0.1) is 4.90 Å². The van der Waals surface area contributed by atoms with Crippen LogP contribution in [0.1, 0.15) is 12.0 Å². The zero-order valence-electron chi connectivity index (χ0n) is 9.73. The molecule has 0 aromatic heterocycles. The molecule has 1 rings (SSSR count). The van der Waals surface area contributed by atoms with Gasteiger partial charge >= 0.3 is 0 Å². The molecule has 1 aromatic rings. The number of benzene rings is 1. The quantitative estimate of drug-likeness (QED) is 0.679. The monoisotopic (exact) mass is 335 g/mol. The van der Waals surface area contributed by atoms with Gasteiger partial charge in [-0.2, -0.15) is 0 Å². The largest absolute Gasteiger partial charge is 0.398 e. The van der Waals surface area contributed by atoms with Crippen molar-refractivity contribution in [2.24, 2.45) is 5.73 Å². The molecule has 0 fully saturated rings. The van der Waals surface area contributed by atoms with Gasteiger partial charge < -0.3 is 11.5 Å². The molecule has 1 amide bonds. The number of carbonyl (C=O) groups excluding carboxylic acids is 1. The number of anilines is 1. The molecule has 0 atom stereocenters. The lowest BCUT2D eigenvalue weighted by Gasteiger charge is -2.11. The summed E-state index contributed by atoms with van der Waals surface area (Å²) in [5.41, 5.74) is 11.5. The third-order valence-electron chi connectivity index (χ3n) is 2.32. The van der Waals surface area contributed by atoms with E-state index in [1.807, 2.05) is 0 Å². The van der Waals surface area contributed by atoms with E-state index in [2.05, 4.69) is 20.7 Å². The summed E-state index contributed by atoms with van der Waals surface area (Å²) in [6.07, 6.45) is -0.0538. The van der Waals surface area contributed by atoms with Crippen molar-refractivity contribution in [2.45, 2.75) is 18.2 Å². The molecule has 6 nitrogen and oxygen atoms in total. The Morgan fingerprint density at radius 2 is 2.06 bits per heavy atom. The van der Waals surface area contributed by atoms with Crippen molar-refractivity contribution in [3.63, 3.8) is 0 Å². The summed E-state index contributed by atoms with van der Waals surface area (Å²) >= 11 is 3.18. The molecule has 0 saturated carbocycles. The van der Waals surface area contributed by atoms with Gasteiger partial charge in [-0.1, -0.05) is 15.9 Å². The Kier molecular flexibility index (Phi) is 4.71. The van der Waals surface area contributed by atoms with E-state index < -0.39 is 15.9 Å². The maximum Gasteiger partial charge on any atom is 0.240 e. The Labute approximate surface area is 114 Å². The molecule has 100 valence electrons. The van der Waals surface area contributed by atoms with Crippen molar-refractivity contribution in [3.05, 3.63) is 22.2 Å². The average molecular weight is 336 g/mol. The Bertz CT molecular complexity index is 572. The van der Waals surface area contributed by atoms with Gasteiger partial charge in [0.15, 0.2) is 0 Å². The van der Waals surface area contributed by atoms with Gasteiger partial charge in [0, 0.05) is 23.1 Å². The number of halogens is 1. The van der Waals surface area contributed by atoms with Gasteiger partial charge in [0.2, 0.25) is 15.9 Å². The second-order valence-electron chi connectivity index (χ2n) is 3.73. The second kappa shape index (κ2) is 5.68. The number of primary amides is 1. The molecule has 0 spiro atoms. The standard InChI is InChI=1S/C10H14BrN3O3S/c1-6-8(12)4-7(11)5-9(6)18(16,17)14-3-2-10(13)15/h4-5,14H,2-3,12H2,1H3,(H2,13,15). The smallest absolute Gasteiger partial charge is 0.240 e. The summed E-state index contributed by atoms with van der Waals surface area (Å²) in [7, 11) is -3.70. The molecular formula is C10H14BrN3O3S. The topological polar surface area (TPSA) is 115 Å². The maximum absolute atomic E-state index is 12.0. The zero-order chi connectivity index (χ0) is 13.9. The van der Waals surface area contributed by atoms with Gasteiger partial charge in [-0.3, -0.25) is 4.79 Å². The SMILES string of the molecule is Cc1c(N)cc(Br)cc1S(=O)(=O)NCCC(N)=O. The highest BCUT2D eigenvalue weighted by Gasteiger charge is 2.18. The summed E-state index contributed by atoms with van der Waals surface area (Å²) in [5.74, 6) is -0.567. The fourth-order valence-electron chi connectivity index (χ4n) is 1.34. The predicted molar refractivity (Wildman–Crippen MR) is 72.3 cm³/mol. The van der Waals surface area contributed by atoms with E-state index in [-0.39, 0.29) is 17.9 Å². The number of amides is 1. The third kappa shape index (κ3) is 3.69. The van der Waals surface area contributed by atoms with E-state index in [4.69, 9.17) is 11.5 Å². The van der Waals surface area contributed by atoms with Crippen LogP contribution in [-0.2, 0) is 14.8 Å². The summed E-state index contributed by atoms with van der Waals surface area (Å²) in [4.78, 5) is 10.6. The maximum atomic E-state index is 12.0. The second-order valence-corrected chi connectivity index (χ2v) is 6.38. The first-order valence-electron chi connectivity index (χ1n) is 5.07. The van der Waals surface area contributed by atoms with Crippen molar-refractivity contribution >= 4 is 37.5 Å². The van der Waals surface area contributed by atoms with Crippen LogP contribution in [0.15, 0.2) is 21.5 Å². The van der Waals surface area contributed by atoms with E-state index in [1.165, 1.54) is 6.07 Å². The number of nitrogens with one attached hydrogen (secondary N) is 1. The fraction of sp³-hybridized carbons (Fsp3) is 0.300. The van der Waals surface area contributed by atoms with E-state index >= 15 is 0 Å². The highest BCUT2D eigenvalue weighted by Crippen LogP contribution is 2.26. The first-order valence-corrected chi connectivity index (χ1v) is 7.35. The summed E-state index contributed by atoms with van der Waals surface area (Å²) < 4.78 is 26.9. The molecule has 0 aliphatic heterocycles. The average Bonchev–Trinajstić information content (AvgIpc) is 2.22.